The highest BCUT2D eigenvalue weighted by atomic mass is 16.5. The molecule has 2 aromatic rings. The molecule has 1 N–H and O–H groups in total. The van der Waals surface area contributed by atoms with Gasteiger partial charge in [0, 0.05) is 12.6 Å². The predicted octanol–water partition coefficient (Wildman–Crippen LogP) is 3.13. The summed E-state index contributed by atoms with van der Waals surface area (Å²) in [5.41, 5.74) is 1.29. The van der Waals surface area contributed by atoms with Crippen LogP contribution in [-0.2, 0) is 17.9 Å². The monoisotopic (exact) mass is 287 g/mol. The Morgan fingerprint density at radius 1 is 1.10 bits per heavy atom. The van der Waals surface area contributed by atoms with Crippen LogP contribution in [0.3, 0.4) is 0 Å². The summed E-state index contributed by atoms with van der Waals surface area (Å²) in [6.45, 7) is 2.52. The van der Waals surface area contributed by atoms with E-state index in [1.165, 1.54) is 18.4 Å². The van der Waals surface area contributed by atoms with Gasteiger partial charge in [0.15, 0.2) is 0 Å². The summed E-state index contributed by atoms with van der Waals surface area (Å²) < 4.78 is 16.3. The lowest BCUT2D eigenvalue weighted by Gasteiger charge is -2.08. The van der Waals surface area contributed by atoms with E-state index in [1.807, 2.05) is 24.3 Å². The minimum absolute atomic E-state index is 0.488. The van der Waals surface area contributed by atoms with Crippen LogP contribution in [0.25, 0.3) is 0 Å². The van der Waals surface area contributed by atoms with Gasteiger partial charge in [0.2, 0.25) is 0 Å². The second-order valence-corrected chi connectivity index (χ2v) is 5.28. The van der Waals surface area contributed by atoms with Crippen LogP contribution >= 0.6 is 0 Å². The van der Waals surface area contributed by atoms with E-state index < -0.39 is 0 Å². The molecular weight excluding hydrogens is 266 g/mol. The normalized spacial score (nSPS) is 14.3. The summed E-state index contributed by atoms with van der Waals surface area (Å²) in [5, 5.41) is 3.50. The number of hydrogen-bond acceptors (Lipinski definition) is 4. The van der Waals surface area contributed by atoms with E-state index in [9.17, 15) is 0 Å². The molecule has 0 aliphatic heterocycles. The molecule has 0 atom stereocenters. The molecule has 0 amide bonds. The van der Waals surface area contributed by atoms with Gasteiger partial charge in [-0.15, -0.1) is 0 Å². The zero-order valence-corrected chi connectivity index (χ0v) is 12.1. The van der Waals surface area contributed by atoms with E-state index in [1.54, 1.807) is 6.26 Å². The average molecular weight is 287 g/mol. The standard InChI is InChI=1S/C17H21NO3/c1-2-17(20-9-1)13-19-10-11-21-16-7-3-14(4-8-16)12-18-15-5-6-15/h1-4,7-9,15,18H,5-6,10-13H2. The molecule has 1 aromatic heterocycles. The van der Waals surface area contributed by atoms with Crippen LogP contribution in [0.15, 0.2) is 47.1 Å². The van der Waals surface area contributed by atoms with E-state index in [4.69, 9.17) is 13.9 Å². The number of hydrogen-bond donors (Lipinski definition) is 1. The zero-order valence-electron chi connectivity index (χ0n) is 12.1. The molecule has 1 heterocycles. The molecule has 3 rings (SSSR count). The summed E-state index contributed by atoms with van der Waals surface area (Å²) in [4.78, 5) is 0. The summed E-state index contributed by atoms with van der Waals surface area (Å²) in [7, 11) is 0. The lowest BCUT2D eigenvalue weighted by atomic mass is 10.2. The highest BCUT2D eigenvalue weighted by Gasteiger charge is 2.19. The van der Waals surface area contributed by atoms with Crippen molar-refractivity contribution in [3.05, 3.63) is 54.0 Å². The van der Waals surface area contributed by atoms with Crippen molar-refractivity contribution in [2.75, 3.05) is 13.2 Å². The molecule has 0 saturated heterocycles. The Bertz CT molecular complexity index is 517. The number of ether oxygens (including phenoxy) is 2. The third-order valence-electron chi connectivity index (χ3n) is 3.42. The lowest BCUT2D eigenvalue weighted by molar-refractivity contribution is 0.0781. The summed E-state index contributed by atoms with van der Waals surface area (Å²) >= 11 is 0. The van der Waals surface area contributed by atoms with Crippen LogP contribution in [0.4, 0.5) is 0 Å². The van der Waals surface area contributed by atoms with E-state index in [0.29, 0.717) is 19.8 Å². The molecule has 4 heteroatoms. The van der Waals surface area contributed by atoms with Crippen LogP contribution < -0.4 is 10.1 Å². The van der Waals surface area contributed by atoms with E-state index in [2.05, 4.69) is 17.4 Å². The number of rotatable bonds is 9. The summed E-state index contributed by atoms with van der Waals surface area (Å²) in [6.07, 6.45) is 4.28. The van der Waals surface area contributed by atoms with Gasteiger partial charge in [0.25, 0.3) is 0 Å². The minimum atomic E-state index is 0.488. The van der Waals surface area contributed by atoms with Crippen LogP contribution in [0, 0.1) is 0 Å². The topological polar surface area (TPSA) is 43.6 Å². The molecule has 4 nitrogen and oxygen atoms in total. The maximum absolute atomic E-state index is 5.64. The van der Waals surface area contributed by atoms with Crippen molar-refractivity contribution < 1.29 is 13.9 Å². The highest BCUT2D eigenvalue weighted by Crippen LogP contribution is 2.19. The first-order chi connectivity index (χ1) is 10.4. The van der Waals surface area contributed by atoms with Crippen LogP contribution in [0.1, 0.15) is 24.2 Å². The first-order valence-corrected chi connectivity index (χ1v) is 7.45. The van der Waals surface area contributed by atoms with Gasteiger partial charge in [0.05, 0.1) is 12.9 Å². The maximum Gasteiger partial charge on any atom is 0.129 e. The number of benzene rings is 1. The summed E-state index contributed by atoms with van der Waals surface area (Å²) in [6, 6.07) is 12.7. The van der Waals surface area contributed by atoms with Gasteiger partial charge in [-0.1, -0.05) is 12.1 Å². The molecule has 21 heavy (non-hydrogen) atoms. The van der Waals surface area contributed by atoms with E-state index >= 15 is 0 Å². The summed E-state index contributed by atoms with van der Waals surface area (Å²) in [5.74, 6) is 1.72. The van der Waals surface area contributed by atoms with Crippen molar-refractivity contribution in [1.29, 1.82) is 0 Å². The van der Waals surface area contributed by atoms with Gasteiger partial charge in [-0.2, -0.15) is 0 Å². The molecule has 1 aromatic carbocycles. The van der Waals surface area contributed by atoms with Crippen LogP contribution in [0.5, 0.6) is 5.75 Å². The predicted molar refractivity (Wildman–Crippen MR) is 80.2 cm³/mol. The van der Waals surface area contributed by atoms with E-state index in [0.717, 1.165) is 24.1 Å². The zero-order chi connectivity index (χ0) is 14.3. The average Bonchev–Trinajstić information content (AvgIpc) is 3.20. The van der Waals surface area contributed by atoms with Crippen LogP contribution in [0.2, 0.25) is 0 Å². The van der Waals surface area contributed by atoms with Crippen molar-refractivity contribution in [3.63, 3.8) is 0 Å². The fraction of sp³-hybridized carbons (Fsp3) is 0.412. The SMILES string of the molecule is c1coc(COCCOc2ccc(CNC3CC3)cc2)c1. The first-order valence-electron chi connectivity index (χ1n) is 7.45. The minimum Gasteiger partial charge on any atom is -0.491 e. The number of nitrogens with one attached hydrogen (secondary N) is 1. The molecule has 1 saturated carbocycles. The third-order valence-corrected chi connectivity index (χ3v) is 3.42. The van der Waals surface area contributed by atoms with Crippen LogP contribution in [-0.4, -0.2) is 19.3 Å². The van der Waals surface area contributed by atoms with Crippen molar-refractivity contribution in [2.45, 2.75) is 32.0 Å². The third kappa shape index (κ3) is 4.92. The van der Waals surface area contributed by atoms with Gasteiger partial charge in [-0.3, -0.25) is 0 Å². The second-order valence-electron chi connectivity index (χ2n) is 5.28. The Hall–Kier alpha value is -1.78. The van der Waals surface area contributed by atoms with Crippen molar-refractivity contribution in [3.8, 4) is 5.75 Å². The van der Waals surface area contributed by atoms with Gasteiger partial charge in [-0.05, 0) is 42.7 Å². The molecule has 1 fully saturated rings. The number of furan rings is 1. The second kappa shape index (κ2) is 7.29. The quantitative estimate of drug-likeness (QED) is 0.720. The Balaban J connectivity index is 1.31. The molecular formula is C17H21NO3. The molecule has 0 unspecified atom stereocenters. The van der Waals surface area contributed by atoms with E-state index in [-0.39, 0.29) is 0 Å². The maximum atomic E-state index is 5.64. The smallest absolute Gasteiger partial charge is 0.129 e. The Labute approximate surface area is 125 Å². The van der Waals surface area contributed by atoms with Gasteiger partial charge in [-0.25, -0.2) is 0 Å². The van der Waals surface area contributed by atoms with Crippen molar-refractivity contribution in [1.82, 2.24) is 5.32 Å². The fourth-order valence-electron chi connectivity index (χ4n) is 2.04. The Kier molecular flexibility index (Phi) is 4.92. The highest BCUT2D eigenvalue weighted by molar-refractivity contribution is 5.27. The lowest BCUT2D eigenvalue weighted by Crippen LogP contribution is -2.15. The molecule has 1 aliphatic carbocycles. The van der Waals surface area contributed by atoms with Gasteiger partial charge >= 0.3 is 0 Å². The Morgan fingerprint density at radius 2 is 1.95 bits per heavy atom. The first kappa shape index (κ1) is 14.2. The Morgan fingerprint density at radius 3 is 2.67 bits per heavy atom. The largest absolute Gasteiger partial charge is 0.491 e. The molecule has 0 bridgehead atoms. The molecule has 0 spiro atoms. The van der Waals surface area contributed by atoms with Gasteiger partial charge < -0.3 is 19.2 Å². The van der Waals surface area contributed by atoms with Crippen molar-refractivity contribution >= 4 is 0 Å². The molecule has 112 valence electrons. The van der Waals surface area contributed by atoms with Gasteiger partial charge in [0.1, 0.15) is 24.7 Å². The van der Waals surface area contributed by atoms with Crippen molar-refractivity contribution in [2.24, 2.45) is 0 Å². The fourth-order valence-corrected chi connectivity index (χ4v) is 2.04. The molecule has 0 radical (unpaired) electrons. The molecule has 1 aliphatic rings.